The highest BCUT2D eigenvalue weighted by Crippen LogP contribution is 2.17. The lowest BCUT2D eigenvalue weighted by molar-refractivity contribution is -0.102. The average Bonchev–Trinajstić information content (AvgIpc) is 2.75. The molecule has 0 aliphatic heterocycles. The van der Waals surface area contributed by atoms with Gasteiger partial charge in [0.2, 0.25) is 0 Å². The van der Waals surface area contributed by atoms with Crippen LogP contribution >= 0.6 is 0 Å². The van der Waals surface area contributed by atoms with Crippen LogP contribution in [-0.2, 0) is 22.7 Å². The summed E-state index contributed by atoms with van der Waals surface area (Å²) in [5.41, 5.74) is 2.00. The Balaban J connectivity index is 1.55. The SMILES string of the molecule is COc1ccc(COC[C@H](OCc2ccc3ccccc3c2)[C@H](O)CO)cc1. The number of rotatable bonds is 10. The Morgan fingerprint density at radius 3 is 2.29 bits per heavy atom. The highest BCUT2D eigenvalue weighted by molar-refractivity contribution is 5.82. The summed E-state index contributed by atoms with van der Waals surface area (Å²) in [5, 5.41) is 21.7. The molecule has 2 N–H and O–H groups in total. The van der Waals surface area contributed by atoms with E-state index >= 15 is 0 Å². The average molecular weight is 382 g/mol. The van der Waals surface area contributed by atoms with Crippen molar-refractivity contribution in [2.24, 2.45) is 0 Å². The first-order chi connectivity index (χ1) is 13.7. The number of aliphatic hydroxyl groups excluding tert-OH is 2. The second-order valence-corrected chi connectivity index (χ2v) is 6.64. The minimum absolute atomic E-state index is 0.182. The summed E-state index contributed by atoms with van der Waals surface area (Å²) in [6.07, 6.45) is -1.62. The quantitative estimate of drug-likeness (QED) is 0.563. The van der Waals surface area contributed by atoms with Gasteiger partial charge in [0.25, 0.3) is 0 Å². The molecule has 148 valence electrons. The molecule has 3 aromatic carbocycles. The van der Waals surface area contributed by atoms with Gasteiger partial charge in [-0.05, 0) is 40.1 Å². The highest BCUT2D eigenvalue weighted by Gasteiger charge is 2.20. The second kappa shape index (κ2) is 10.2. The summed E-state index contributed by atoms with van der Waals surface area (Å²) < 4.78 is 16.7. The molecule has 5 nitrogen and oxygen atoms in total. The molecule has 5 heteroatoms. The van der Waals surface area contributed by atoms with Crippen molar-refractivity contribution < 1.29 is 24.4 Å². The van der Waals surface area contributed by atoms with Crippen molar-refractivity contribution >= 4 is 10.8 Å². The number of ether oxygens (including phenoxy) is 3. The van der Waals surface area contributed by atoms with E-state index in [0.717, 1.165) is 22.3 Å². The van der Waals surface area contributed by atoms with Crippen molar-refractivity contribution in [2.45, 2.75) is 25.4 Å². The Bertz CT molecular complexity index is 862. The Hall–Kier alpha value is -2.44. The second-order valence-electron chi connectivity index (χ2n) is 6.64. The maximum Gasteiger partial charge on any atom is 0.118 e. The van der Waals surface area contributed by atoms with Gasteiger partial charge in [0.1, 0.15) is 18.0 Å². The molecule has 0 heterocycles. The van der Waals surface area contributed by atoms with Gasteiger partial charge in [0.05, 0.1) is 33.5 Å². The van der Waals surface area contributed by atoms with E-state index in [1.165, 1.54) is 5.39 Å². The standard InChI is InChI=1S/C23H26O5/c1-26-21-10-7-17(8-11-21)14-27-16-23(22(25)13-24)28-15-18-6-9-19-4-2-3-5-20(19)12-18/h2-12,22-25H,13-16H2,1H3/t22-,23+/m1/s1. The van der Waals surface area contributed by atoms with E-state index in [1.807, 2.05) is 48.5 Å². The number of methoxy groups -OCH3 is 1. The predicted molar refractivity (Wildman–Crippen MR) is 108 cm³/mol. The first-order valence-electron chi connectivity index (χ1n) is 9.28. The molecule has 0 saturated carbocycles. The smallest absolute Gasteiger partial charge is 0.118 e. The van der Waals surface area contributed by atoms with Crippen LogP contribution < -0.4 is 4.74 Å². The van der Waals surface area contributed by atoms with Gasteiger partial charge in [-0.3, -0.25) is 0 Å². The summed E-state index contributed by atoms with van der Waals surface area (Å²) >= 11 is 0. The zero-order chi connectivity index (χ0) is 19.8. The van der Waals surface area contributed by atoms with E-state index in [0.29, 0.717) is 13.2 Å². The van der Waals surface area contributed by atoms with E-state index < -0.39 is 12.2 Å². The van der Waals surface area contributed by atoms with Crippen LogP contribution in [0.5, 0.6) is 5.75 Å². The third kappa shape index (κ3) is 5.53. The van der Waals surface area contributed by atoms with Crippen molar-refractivity contribution in [1.29, 1.82) is 0 Å². The van der Waals surface area contributed by atoms with Crippen LogP contribution in [0, 0.1) is 0 Å². The molecule has 0 aliphatic rings. The van der Waals surface area contributed by atoms with Crippen molar-refractivity contribution in [3.63, 3.8) is 0 Å². The van der Waals surface area contributed by atoms with Gasteiger partial charge >= 0.3 is 0 Å². The zero-order valence-electron chi connectivity index (χ0n) is 16.0. The molecule has 2 atom stereocenters. The monoisotopic (exact) mass is 382 g/mol. The van der Waals surface area contributed by atoms with E-state index in [2.05, 4.69) is 18.2 Å². The first kappa shape index (κ1) is 20.3. The van der Waals surface area contributed by atoms with E-state index in [4.69, 9.17) is 14.2 Å². The van der Waals surface area contributed by atoms with Crippen molar-refractivity contribution in [2.75, 3.05) is 20.3 Å². The topological polar surface area (TPSA) is 68.2 Å². The number of hydrogen-bond donors (Lipinski definition) is 2. The summed E-state index contributed by atoms with van der Waals surface area (Å²) in [7, 11) is 1.62. The summed E-state index contributed by atoms with van der Waals surface area (Å²) in [5.74, 6) is 0.788. The normalized spacial score (nSPS) is 13.4. The molecule has 0 saturated heterocycles. The van der Waals surface area contributed by atoms with Gasteiger partial charge in [-0.2, -0.15) is 0 Å². The number of benzene rings is 3. The van der Waals surface area contributed by atoms with Crippen LogP contribution in [-0.4, -0.2) is 42.7 Å². The maximum absolute atomic E-state index is 10.1. The van der Waals surface area contributed by atoms with Gasteiger partial charge in [-0.1, -0.05) is 48.5 Å². The predicted octanol–water partition coefficient (Wildman–Crippen LogP) is 3.30. The van der Waals surface area contributed by atoms with Crippen LogP contribution in [0.4, 0.5) is 0 Å². The molecule has 28 heavy (non-hydrogen) atoms. The summed E-state index contributed by atoms with van der Waals surface area (Å²) in [4.78, 5) is 0. The molecule has 0 bridgehead atoms. The minimum atomic E-state index is -1.00. The van der Waals surface area contributed by atoms with E-state index in [9.17, 15) is 10.2 Å². The van der Waals surface area contributed by atoms with E-state index in [-0.39, 0.29) is 13.2 Å². The number of hydrogen-bond acceptors (Lipinski definition) is 5. The Labute approximate surface area is 165 Å². The van der Waals surface area contributed by atoms with Crippen LogP contribution in [0.25, 0.3) is 10.8 Å². The molecule has 0 aromatic heterocycles. The third-order valence-corrected chi connectivity index (χ3v) is 4.60. The van der Waals surface area contributed by atoms with Gasteiger partial charge in [0.15, 0.2) is 0 Å². The zero-order valence-corrected chi connectivity index (χ0v) is 16.0. The molecule has 0 aliphatic carbocycles. The summed E-state index contributed by atoms with van der Waals surface area (Å²) in [6.45, 7) is 0.520. The number of fused-ring (bicyclic) bond motifs is 1. The van der Waals surface area contributed by atoms with Crippen molar-refractivity contribution in [1.82, 2.24) is 0 Å². The van der Waals surface area contributed by atoms with Crippen LogP contribution in [0.15, 0.2) is 66.7 Å². The molecule has 0 radical (unpaired) electrons. The minimum Gasteiger partial charge on any atom is -0.497 e. The third-order valence-electron chi connectivity index (χ3n) is 4.60. The maximum atomic E-state index is 10.1. The fourth-order valence-electron chi connectivity index (χ4n) is 2.93. The molecule has 3 aromatic rings. The van der Waals surface area contributed by atoms with Gasteiger partial charge in [-0.25, -0.2) is 0 Å². The number of aliphatic hydroxyl groups is 2. The lowest BCUT2D eigenvalue weighted by Crippen LogP contribution is -2.36. The molecule has 0 spiro atoms. The van der Waals surface area contributed by atoms with Gasteiger partial charge < -0.3 is 24.4 Å². The summed E-state index contributed by atoms with van der Waals surface area (Å²) in [6, 6.07) is 21.8. The van der Waals surface area contributed by atoms with Gasteiger partial charge in [-0.15, -0.1) is 0 Å². The fraction of sp³-hybridized carbons (Fsp3) is 0.304. The lowest BCUT2D eigenvalue weighted by Gasteiger charge is -2.22. The largest absolute Gasteiger partial charge is 0.497 e. The Morgan fingerprint density at radius 2 is 1.57 bits per heavy atom. The first-order valence-corrected chi connectivity index (χ1v) is 9.28. The molecular weight excluding hydrogens is 356 g/mol. The Morgan fingerprint density at radius 1 is 0.857 bits per heavy atom. The molecule has 0 fully saturated rings. The Kier molecular flexibility index (Phi) is 7.39. The van der Waals surface area contributed by atoms with Crippen molar-refractivity contribution in [3.8, 4) is 5.75 Å². The van der Waals surface area contributed by atoms with Crippen molar-refractivity contribution in [3.05, 3.63) is 77.9 Å². The molecule has 0 unspecified atom stereocenters. The molecule has 0 amide bonds. The van der Waals surface area contributed by atoms with Crippen LogP contribution in [0.2, 0.25) is 0 Å². The van der Waals surface area contributed by atoms with Gasteiger partial charge in [0, 0.05) is 0 Å². The molecule has 3 rings (SSSR count). The lowest BCUT2D eigenvalue weighted by atomic mass is 10.1. The molecular formula is C23H26O5. The van der Waals surface area contributed by atoms with Crippen LogP contribution in [0.1, 0.15) is 11.1 Å². The van der Waals surface area contributed by atoms with E-state index in [1.54, 1.807) is 7.11 Å². The van der Waals surface area contributed by atoms with Crippen LogP contribution in [0.3, 0.4) is 0 Å². The highest BCUT2D eigenvalue weighted by atomic mass is 16.5. The fourth-order valence-corrected chi connectivity index (χ4v) is 2.93.